The fraction of sp³-hybridized carbons (Fsp3) is 1.00. The topological polar surface area (TPSA) is 9.23 Å². The number of hydrogen-bond acceptors (Lipinski definition) is 1. The van der Waals surface area contributed by atoms with E-state index in [1.807, 2.05) is 0 Å². The highest BCUT2D eigenvalue weighted by Gasteiger charge is 2.26. The predicted molar refractivity (Wildman–Crippen MR) is 65.5 cm³/mol. The molecule has 0 N–H and O–H groups in total. The molecule has 1 aliphatic carbocycles. The summed E-state index contributed by atoms with van der Waals surface area (Å²) in [6, 6.07) is 0. The summed E-state index contributed by atoms with van der Waals surface area (Å²) in [7, 11) is 0. The van der Waals surface area contributed by atoms with Crippen LogP contribution in [0.5, 0.6) is 0 Å². The highest BCUT2D eigenvalue weighted by Crippen LogP contribution is 2.29. The zero-order valence-electron chi connectivity index (χ0n) is 8.98. The minimum Gasteiger partial charge on any atom is -0.372 e. The summed E-state index contributed by atoms with van der Waals surface area (Å²) in [4.78, 5) is 0. The standard InChI is InChI=1S/C11H21IO/c1-9-5-4-6-10(7-9)13-11(2,3)8-12/h9-10H,4-8H2,1-3H3. The van der Waals surface area contributed by atoms with E-state index in [2.05, 4.69) is 43.4 Å². The summed E-state index contributed by atoms with van der Waals surface area (Å²) in [5, 5.41) is 0. The van der Waals surface area contributed by atoms with Gasteiger partial charge in [0.2, 0.25) is 0 Å². The average Bonchev–Trinajstić information content (AvgIpc) is 2.03. The first-order valence-corrected chi connectivity index (χ1v) is 6.80. The highest BCUT2D eigenvalue weighted by molar-refractivity contribution is 14.1. The molecule has 0 spiro atoms. The van der Waals surface area contributed by atoms with Gasteiger partial charge >= 0.3 is 0 Å². The third-order valence-corrected chi connectivity index (χ3v) is 4.53. The molecule has 2 heteroatoms. The maximum Gasteiger partial charge on any atom is 0.0719 e. The Morgan fingerprint density at radius 2 is 2.08 bits per heavy atom. The van der Waals surface area contributed by atoms with Gasteiger partial charge in [-0.05, 0) is 32.6 Å². The van der Waals surface area contributed by atoms with Crippen LogP contribution in [0.2, 0.25) is 0 Å². The van der Waals surface area contributed by atoms with Crippen LogP contribution in [0.4, 0.5) is 0 Å². The molecule has 0 aliphatic heterocycles. The van der Waals surface area contributed by atoms with Gasteiger partial charge in [-0.3, -0.25) is 0 Å². The molecule has 1 rings (SSSR count). The zero-order chi connectivity index (χ0) is 9.90. The van der Waals surface area contributed by atoms with Gasteiger partial charge in [0.1, 0.15) is 0 Å². The van der Waals surface area contributed by atoms with Gasteiger partial charge in [0.05, 0.1) is 11.7 Å². The van der Waals surface area contributed by atoms with Crippen LogP contribution in [-0.4, -0.2) is 16.1 Å². The summed E-state index contributed by atoms with van der Waals surface area (Å²) in [6.07, 6.45) is 5.80. The molecule has 0 radical (unpaired) electrons. The highest BCUT2D eigenvalue weighted by atomic mass is 127. The minimum atomic E-state index is 0.0717. The van der Waals surface area contributed by atoms with Crippen molar-refractivity contribution >= 4 is 22.6 Å². The van der Waals surface area contributed by atoms with Gasteiger partial charge < -0.3 is 4.74 Å². The number of rotatable bonds is 3. The molecular weight excluding hydrogens is 275 g/mol. The van der Waals surface area contributed by atoms with Crippen LogP contribution in [0, 0.1) is 5.92 Å². The lowest BCUT2D eigenvalue weighted by molar-refractivity contribution is -0.0757. The molecule has 0 aromatic heterocycles. The molecule has 0 bridgehead atoms. The molecule has 0 aromatic carbocycles. The second-order valence-electron chi connectivity index (χ2n) is 4.90. The van der Waals surface area contributed by atoms with Gasteiger partial charge in [-0.15, -0.1) is 0 Å². The van der Waals surface area contributed by atoms with E-state index in [1.54, 1.807) is 0 Å². The molecule has 2 unspecified atom stereocenters. The van der Waals surface area contributed by atoms with Gasteiger partial charge in [-0.2, -0.15) is 0 Å². The van der Waals surface area contributed by atoms with Gasteiger partial charge in [0.15, 0.2) is 0 Å². The van der Waals surface area contributed by atoms with Crippen molar-refractivity contribution in [3.05, 3.63) is 0 Å². The normalized spacial score (nSPS) is 30.5. The Bertz CT molecular complexity index is 156. The lowest BCUT2D eigenvalue weighted by Gasteiger charge is -2.33. The minimum absolute atomic E-state index is 0.0717. The van der Waals surface area contributed by atoms with Crippen LogP contribution >= 0.6 is 22.6 Å². The monoisotopic (exact) mass is 296 g/mol. The second-order valence-corrected chi connectivity index (χ2v) is 5.67. The third-order valence-electron chi connectivity index (χ3n) is 2.70. The number of hydrogen-bond donors (Lipinski definition) is 0. The Kier molecular flexibility index (Phi) is 4.49. The van der Waals surface area contributed by atoms with Gasteiger partial charge in [0, 0.05) is 4.43 Å². The maximum absolute atomic E-state index is 6.09. The summed E-state index contributed by atoms with van der Waals surface area (Å²) in [5.74, 6) is 0.865. The SMILES string of the molecule is CC1CCCC(OC(C)(C)CI)C1. The van der Waals surface area contributed by atoms with E-state index in [0.717, 1.165) is 10.3 Å². The van der Waals surface area contributed by atoms with E-state index in [-0.39, 0.29) is 5.60 Å². The zero-order valence-corrected chi connectivity index (χ0v) is 11.1. The Hall–Kier alpha value is 0.690. The largest absolute Gasteiger partial charge is 0.372 e. The van der Waals surface area contributed by atoms with Crippen molar-refractivity contribution in [2.45, 2.75) is 58.2 Å². The van der Waals surface area contributed by atoms with Crippen molar-refractivity contribution in [3.63, 3.8) is 0 Å². The van der Waals surface area contributed by atoms with Crippen LogP contribution in [-0.2, 0) is 4.74 Å². The summed E-state index contributed by atoms with van der Waals surface area (Å²) in [5.41, 5.74) is 0.0717. The molecule has 0 aromatic rings. The fourth-order valence-electron chi connectivity index (χ4n) is 1.97. The lowest BCUT2D eigenvalue weighted by atomic mass is 9.88. The molecule has 1 nitrogen and oxygen atoms in total. The fourth-order valence-corrected chi connectivity index (χ4v) is 2.15. The van der Waals surface area contributed by atoms with Crippen LogP contribution in [0.25, 0.3) is 0 Å². The van der Waals surface area contributed by atoms with Crippen molar-refractivity contribution in [2.24, 2.45) is 5.92 Å². The van der Waals surface area contributed by atoms with E-state index in [4.69, 9.17) is 4.74 Å². The first-order chi connectivity index (χ1) is 6.03. The molecule has 1 aliphatic rings. The van der Waals surface area contributed by atoms with E-state index < -0.39 is 0 Å². The predicted octanol–water partition coefficient (Wildman–Crippen LogP) is 3.80. The molecule has 0 amide bonds. The second kappa shape index (κ2) is 4.96. The first-order valence-electron chi connectivity index (χ1n) is 5.27. The van der Waals surface area contributed by atoms with E-state index in [0.29, 0.717) is 6.10 Å². The Balaban J connectivity index is 2.35. The number of halogens is 1. The van der Waals surface area contributed by atoms with Crippen LogP contribution in [0.3, 0.4) is 0 Å². The van der Waals surface area contributed by atoms with Crippen molar-refractivity contribution in [1.82, 2.24) is 0 Å². The maximum atomic E-state index is 6.09. The number of ether oxygens (including phenoxy) is 1. The van der Waals surface area contributed by atoms with E-state index in [1.165, 1.54) is 25.7 Å². The molecule has 2 atom stereocenters. The van der Waals surface area contributed by atoms with Crippen LogP contribution < -0.4 is 0 Å². The summed E-state index contributed by atoms with van der Waals surface area (Å²) in [6.45, 7) is 6.73. The van der Waals surface area contributed by atoms with Crippen LogP contribution in [0.15, 0.2) is 0 Å². The van der Waals surface area contributed by atoms with Crippen LogP contribution in [0.1, 0.15) is 46.5 Å². The number of alkyl halides is 1. The molecule has 1 saturated carbocycles. The molecule has 78 valence electrons. The van der Waals surface area contributed by atoms with E-state index >= 15 is 0 Å². The smallest absolute Gasteiger partial charge is 0.0719 e. The van der Waals surface area contributed by atoms with Gasteiger partial charge in [-0.1, -0.05) is 42.4 Å². The van der Waals surface area contributed by atoms with E-state index in [9.17, 15) is 0 Å². The first kappa shape index (κ1) is 11.8. The Labute approximate surface area is 95.8 Å². The Morgan fingerprint density at radius 3 is 2.62 bits per heavy atom. The average molecular weight is 296 g/mol. The molecule has 0 heterocycles. The van der Waals surface area contributed by atoms with Crippen molar-refractivity contribution in [2.75, 3.05) is 4.43 Å². The van der Waals surface area contributed by atoms with Gasteiger partial charge in [0.25, 0.3) is 0 Å². The van der Waals surface area contributed by atoms with Crippen molar-refractivity contribution in [1.29, 1.82) is 0 Å². The molecular formula is C11H21IO. The summed E-state index contributed by atoms with van der Waals surface area (Å²) >= 11 is 2.41. The van der Waals surface area contributed by atoms with Crippen molar-refractivity contribution < 1.29 is 4.74 Å². The lowest BCUT2D eigenvalue weighted by Crippen LogP contribution is -2.34. The van der Waals surface area contributed by atoms with Gasteiger partial charge in [-0.25, -0.2) is 0 Å². The molecule has 1 fully saturated rings. The molecule has 0 saturated heterocycles. The molecule has 13 heavy (non-hydrogen) atoms. The van der Waals surface area contributed by atoms with Crippen molar-refractivity contribution in [3.8, 4) is 0 Å². The Morgan fingerprint density at radius 1 is 1.38 bits per heavy atom. The third kappa shape index (κ3) is 4.15. The summed E-state index contributed by atoms with van der Waals surface area (Å²) < 4.78 is 7.17. The quantitative estimate of drug-likeness (QED) is 0.568.